The van der Waals surface area contributed by atoms with E-state index in [-0.39, 0.29) is 0 Å². The van der Waals surface area contributed by atoms with E-state index in [0.29, 0.717) is 5.02 Å². The van der Waals surface area contributed by atoms with Gasteiger partial charge in [-0.25, -0.2) is 4.98 Å². The van der Waals surface area contributed by atoms with Crippen molar-refractivity contribution in [2.24, 2.45) is 5.10 Å². The number of hydrogen-bond acceptors (Lipinski definition) is 4. The standard InChI is InChI=1S/C11H9BrClN3S/c1-7-6-17-11(15-7)16-14-5-8-2-3-9(12)4-10(8)13/h2-6H,1H3,(H,15,16). The summed E-state index contributed by atoms with van der Waals surface area (Å²) in [5.41, 5.74) is 4.70. The van der Waals surface area contributed by atoms with Gasteiger partial charge in [0.1, 0.15) is 0 Å². The minimum Gasteiger partial charge on any atom is -0.253 e. The largest absolute Gasteiger partial charge is 0.253 e. The summed E-state index contributed by atoms with van der Waals surface area (Å²) < 4.78 is 0.947. The van der Waals surface area contributed by atoms with Crippen LogP contribution < -0.4 is 5.43 Å². The highest BCUT2D eigenvalue weighted by molar-refractivity contribution is 9.10. The molecule has 2 rings (SSSR count). The van der Waals surface area contributed by atoms with Crippen molar-refractivity contribution in [3.63, 3.8) is 0 Å². The quantitative estimate of drug-likeness (QED) is 0.672. The maximum Gasteiger partial charge on any atom is 0.203 e. The van der Waals surface area contributed by atoms with E-state index in [1.807, 2.05) is 30.5 Å². The lowest BCUT2D eigenvalue weighted by Gasteiger charge is -1.98. The van der Waals surface area contributed by atoms with Crippen LogP contribution in [-0.4, -0.2) is 11.2 Å². The van der Waals surface area contributed by atoms with Crippen molar-refractivity contribution >= 4 is 50.2 Å². The molecule has 0 aliphatic rings. The molecule has 0 atom stereocenters. The molecule has 0 bridgehead atoms. The first-order valence-electron chi connectivity index (χ1n) is 4.81. The van der Waals surface area contributed by atoms with Gasteiger partial charge in [0.25, 0.3) is 0 Å². The number of rotatable bonds is 3. The number of nitrogens with zero attached hydrogens (tertiary/aromatic N) is 2. The lowest BCUT2D eigenvalue weighted by Crippen LogP contribution is -1.90. The molecular weight excluding hydrogens is 322 g/mol. The number of anilines is 1. The molecule has 0 fully saturated rings. The topological polar surface area (TPSA) is 37.3 Å². The van der Waals surface area contributed by atoms with Gasteiger partial charge in [-0.15, -0.1) is 11.3 Å². The van der Waals surface area contributed by atoms with Crippen LogP contribution in [0.4, 0.5) is 5.13 Å². The Bertz CT molecular complexity index is 553. The van der Waals surface area contributed by atoms with Gasteiger partial charge in [-0.2, -0.15) is 5.10 Å². The molecule has 1 N–H and O–H groups in total. The van der Waals surface area contributed by atoms with E-state index < -0.39 is 0 Å². The van der Waals surface area contributed by atoms with Crippen molar-refractivity contribution in [1.82, 2.24) is 4.98 Å². The molecule has 0 amide bonds. The van der Waals surface area contributed by atoms with E-state index in [1.54, 1.807) is 6.21 Å². The highest BCUT2D eigenvalue weighted by Crippen LogP contribution is 2.20. The number of thiazole rings is 1. The second-order valence-electron chi connectivity index (χ2n) is 3.33. The zero-order valence-electron chi connectivity index (χ0n) is 8.95. The molecule has 17 heavy (non-hydrogen) atoms. The average Bonchev–Trinajstić information content (AvgIpc) is 2.68. The highest BCUT2D eigenvalue weighted by Gasteiger charge is 1.98. The van der Waals surface area contributed by atoms with Crippen molar-refractivity contribution in [2.75, 3.05) is 5.43 Å². The van der Waals surface area contributed by atoms with E-state index in [2.05, 4.69) is 31.4 Å². The number of hydrazone groups is 1. The Balaban J connectivity index is 2.05. The fourth-order valence-corrected chi connectivity index (χ4v) is 2.53. The summed E-state index contributed by atoms with van der Waals surface area (Å²) in [6, 6.07) is 5.64. The molecule has 0 aliphatic heterocycles. The van der Waals surface area contributed by atoms with Gasteiger partial charge in [-0.05, 0) is 19.1 Å². The molecule has 1 aromatic carbocycles. The highest BCUT2D eigenvalue weighted by atomic mass is 79.9. The number of aromatic nitrogens is 1. The molecule has 88 valence electrons. The first kappa shape index (κ1) is 12.5. The molecule has 0 saturated carbocycles. The molecule has 1 heterocycles. The summed E-state index contributed by atoms with van der Waals surface area (Å²) in [6.45, 7) is 1.94. The predicted molar refractivity (Wildman–Crippen MR) is 77.2 cm³/mol. The Morgan fingerprint density at radius 2 is 2.35 bits per heavy atom. The smallest absolute Gasteiger partial charge is 0.203 e. The van der Waals surface area contributed by atoms with E-state index in [0.717, 1.165) is 20.9 Å². The molecule has 0 unspecified atom stereocenters. The molecule has 6 heteroatoms. The average molecular weight is 331 g/mol. The third kappa shape index (κ3) is 3.52. The van der Waals surface area contributed by atoms with Crippen molar-refractivity contribution in [3.8, 4) is 0 Å². The van der Waals surface area contributed by atoms with Crippen LogP contribution in [0.25, 0.3) is 0 Å². The molecule has 0 radical (unpaired) electrons. The SMILES string of the molecule is Cc1csc(NN=Cc2ccc(Br)cc2Cl)n1. The Labute approximate surface area is 117 Å². The molecule has 3 nitrogen and oxygen atoms in total. The van der Waals surface area contributed by atoms with Crippen LogP contribution in [0.5, 0.6) is 0 Å². The van der Waals surface area contributed by atoms with E-state index in [9.17, 15) is 0 Å². The van der Waals surface area contributed by atoms with Gasteiger partial charge in [-0.3, -0.25) is 5.43 Å². The van der Waals surface area contributed by atoms with Crippen molar-refractivity contribution < 1.29 is 0 Å². The zero-order chi connectivity index (χ0) is 12.3. The van der Waals surface area contributed by atoms with Gasteiger partial charge in [0, 0.05) is 15.4 Å². The second-order valence-corrected chi connectivity index (χ2v) is 5.51. The van der Waals surface area contributed by atoms with Crippen LogP contribution in [0, 0.1) is 6.92 Å². The van der Waals surface area contributed by atoms with Crippen LogP contribution in [0.1, 0.15) is 11.3 Å². The first-order chi connectivity index (χ1) is 8.15. The van der Waals surface area contributed by atoms with Crippen LogP contribution in [-0.2, 0) is 0 Å². The zero-order valence-corrected chi connectivity index (χ0v) is 12.1. The first-order valence-corrected chi connectivity index (χ1v) is 6.86. The lowest BCUT2D eigenvalue weighted by atomic mass is 10.2. The Hall–Kier alpha value is -0.910. The van der Waals surface area contributed by atoms with Gasteiger partial charge < -0.3 is 0 Å². The molecular formula is C11H9BrClN3S. The van der Waals surface area contributed by atoms with Crippen LogP contribution >= 0.6 is 38.9 Å². The summed E-state index contributed by atoms with van der Waals surface area (Å²) in [7, 11) is 0. The fourth-order valence-electron chi connectivity index (χ4n) is 1.17. The van der Waals surface area contributed by atoms with Gasteiger partial charge in [0.15, 0.2) is 0 Å². The fraction of sp³-hybridized carbons (Fsp3) is 0.0909. The monoisotopic (exact) mass is 329 g/mol. The van der Waals surface area contributed by atoms with Crippen molar-refractivity contribution in [3.05, 3.63) is 44.3 Å². The Morgan fingerprint density at radius 1 is 1.53 bits per heavy atom. The lowest BCUT2D eigenvalue weighted by molar-refractivity contribution is 1.22. The van der Waals surface area contributed by atoms with Crippen molar-refractivity contribution in [1.29, 1.82) is 0 Å². The third-order valence-electron chi connectivity index (χ3n) is 1.95. The van der Waals surface area contributed by atoms with Gasteiger partial charge >= 0.3 is 0 Å². The molecule has 0 aliphatic carbocycles. The number of hydrogen-bond donors (Lipinski definition) is 1. The molecule has 0 saturated heterocycles. The Kier molecular flexibility index (Phi) is 4.15. The van der Waals surface area contributed by atoms with Crippen molar-refractivity contribution in [2.45, 2.75) is 6.92 Å². The third-order valence-corrected chi connectivity index (χ3v) is 3.63. The van der Waals surface area contributed by atoms with Gasteiger partial charge in [0.2, 0.25) is 5.13 Å². The summed E-state index contributed by atoms with van der Waals surface area (Å²) in [5.74, 6) is 0. The minimum absolute atomic E-state index is 0.653. The predicted octanol–water partition coefficient (Wildman–Crippen LogP) is 4.31. The summed E-state index contributed by atoms with van der Waals surface area (Å²) in [4.78, 5) is 4.23. The van der Waals surface area contributed by atoms with Gasteiger partial charge in [-0.1, -0.05) is 33.6 Å². The summed E-state index contributed by atoms with van der Waals surface area (Å²) in [5, 5.41) is 7.47. The molecule has 1 aromatic heterocycles. The van der Waals surface area contributed by atoms with Crippen LogP contribution in [0.3, 0.4) is 0 Å². The maximum absolute atomic E-state index is 6.05. The van der Waals surface area contributed by atoms with Crippen LogP contribution in [0.2, 0.25) is 5.02 Å². The van der Waals surface area contributed by atoms with E-state index >= 15 is 0 Å². The number of aryl methyl sites for hydroxylation is 1. The number of benzene rings is 1. The van der Waals surface area contributed by atoms with Crippen LogP contribution in [0.15, 0.2) is 33.2 Å². The normalized spacial score (nSPS) is 11.0. The number of halogens is 2. The van der Waals surface area contributed by atoms with E-state index in [1.165, 1.54) is 11.3 Å². The summed E-state index contributed by atoms with van der Waals surface area (Å²) >= 11 is 10.9. The van der Waals surface area contributed by atoms with Gasteiger partial charge in [0.05, 0.1) is 16.9 Å². The maximum atomic E-state index is 6.05. The summed E-state index contributed by atoms with van der Waals surface area (Å²) in [6.07, 6.45) is 1.67. The second kappa shape index (κ2) is 5.62. The number of nitrogens with one attached hydrogen (secondary N) is 1. The molecule has 0 spiro atoms. The minimum atomic E-state index is 0.653. The van der Waals surface area contributed by atoms with E-state index in [4.69, 9.17) is 11.6 Å². The Morgan fingerprint density at radius 3 is 3.00 bits per heavy atom. The molecule has 2 aromatic rings.